The van der Waals surface area contributed by atoms with Crippen LogP contribution in [0.25, 0.3) is 0 Å². The molecule has 3 rings (SSSR count). The molecule has 1 fully saturated rings. The zero-order chi connectivity index (χ0) is 31.3. The van der Waals surface area contributed by atoms with Gasteiger partial charge in [-0.1, -0.05) is 20.6 Å². The lowest BCUT2D eigenvalue weighted by atomic mass is 9.75. The van der Waals surface area contributed by atoms with Gasteiger partial charge < -0.3 is 14.6 Å². The lowest BCUT2D eigenvalue weighted by Crippen LogP contribution is -2.48. The van der Waals surface area contributed by atoms with Crippen LogP contribution >= 0.6 is 0 Å². The van der Waals surface area contributed by atoms with Crippen molar-refractivity contribution in [2.45, 2.75) is 51.9 Å². The molecule has 2 heterocycles. The largest absolute Gasteiger partial charge is 0.493 e. The molecular formula is C20H31NO3. The van der Waals surface area contributed by atoms with Crippen molar-refractivity contribution in [3.63, 3.8) is 0 Å². The zero-order valence-electron chi connectivity index (χ0n) is 29.5. The molecule has 3 unspecified atom stereocenters. The average molecular weight is 350 g/mol. The Kier molecular flexibility index (Phi) is 1.77. The van der Waals surface area contributed by atoms with Gasteiger partial charge in [-0.3, -0.25) is 4.90 Å². The highest BCUT2D eigenvalue weighted by Gasteiger charge is 2.39. The van der Waals surface area contributed by atoms with Crippen molar-refractivity contribution < 1.29 is 36.5 Å². The van der Waals surface area contributed by atoms with Gasteiger partial charge >= 0.3 is 0 Å². The third-order valence-electron chi connectivity index (χ3n) is 3.99. The summed E-state index contributed by atoms with van der Waals surface area (Å²) in [6.07, 6.45) is -11.3. The fraction of sp³-hybridized carbons (Fsp3) is 0.700. The number of nitrogens with zero attached hydrogens (tertiary/aromatic N) is 1. The van der Waals surface area contributed by atoms with E-state index >= 15 is 0 Å². The molecule has 3 atom stereocenters. The lowest BCUT2D eigenvalue weighted by molar-refractivity contribution is -0.0259. The molecule has 0 bridgehead atoms. The van der Waals surface area contributed by atoms with E-state index in [-0.39, 0.29) is 29.8 Å². The van der Waals surface area contributed by atoms with Crippen LogP contribution in [0.2, 0.25) is 0 Å². The zero-order valence-corrected chi connectivity index (χ0v) is 13.5. The van der Waals surface area contributed by atoms with E-state index < -0.39 is 69.2 Å². The number of benzene rings is 1. The molecular weight excluding hydrogens is 302 g/mol. The second-order valence-corrected chi connectivity index (χ2v) is 5.98. The van der Waals surface area contributed by atoms with Crippen molar-refractivity contribution in [3.05, 3.63) is 23.3 Å². The van der Waals surface area contributed by atoms with Gasteiger partial charge in [0.05, 0.1) is 27.1 Å². The molecule has 24 heavy (non-hydrogen) atoms. The second kappa shape index (κ2) is 6.57. The molecule has 0 saturated carbocycles. The molecule has 0 aliphatic carbocycles. The predicted molar refractivity (Wildman–Crippen MR) is 95.7 cm³/mol. The first-order valence-corrected chi connectivity index (χ1v) is 7.46. The third kappa shape index (κ3) is 3.40. The number of methoxy groups -OCH3 is 2. The number of rotatable bonds is 3. The van der Waals surface area contributed by atoms with Gasteiger partial charge in [0.25, 0.3) is 0 Å². The minimum Gasteiger partial charge on any atom is -0.493 e. The summed E-state index contributed by atoms with van der Waals surface area (Å²) in [6, 6.07) is -0.438. The summed E-state index contributed by atoms with van der Waals surface area (Å²) in [5.41, 5.74) is -3.36. The summed E-state index contributed by atoms with van der Waals surface area (Å²) in [5.74, 6) is -3.93. The summed E-state index contributed by atoms with van der Waals surface area (Å²) in [5, 5.41) is 11.4. The van der Waals surface area contributed by atoms with Crippen LogP contribution < -0.4 is 9.47 Å². The Labute approximate surface area is 168 Å². The molecule has 0 spiro atoms. The summed E-state index contributed by atoms with van der Waals surface area (Å²) < 4.78 is 142. The number of piperidine rings is 1. The fourth-order valence-corrected chi connectivity index (χ4v) is 2.96. The molecule has 1 aromatic carbocycles. The first-order chi connectivity index (χ1) is 17.6. The predicted octanol–water partition coefficient (Wildman–Crippen LogP) is 3.42. The summed E-state index contributed by atoms with van der Waals surface area (Å²) in [6.45, 7) is -8.01. The van der Waals surface area contributed by atoms with E-state index in [1.54, 1.807) is 0 Å². The van der Waals surface area contributed by atoms with E-state index in [2.05, 4.69) is 0 Å². The molecule has 4 nitrogen and oxygen atoms in total. The Hall–Kier alpha value is -1.26. The van der Waals surface area contributed by atoms with Gasteiger partial charge in [-0.25, -0.2) is 0 Å². The Bertz CT molecular complexity index is 1150. The molecule has 134 valence electrons. The molecule has 0 radical (unpaired) electrons. The maximum absolute atomic E-state index is 11.4. The van der Waals surface area contributed by atoms with E-state index in [4.69, 9.17) is 30.0 Å². The van der Waals surface area contributed by atoms with Crippen molar-refractivity contribution in [2.75, 3.05) is 27.2 Å². The highest BCUT2D eigenvalue weighted by molar-refractivity contribution is 5.49. The van der Waals surface area contributed by atoms with Crippen molar-refractivity contribution in [2.24, 2.45) is 11.3 Å². The highest BCUT2D eigenvalue weighted by atomic mass is 16.5. The van der Waals surface area contributed by atoms with Gasteiger partial charge in [0.2, 0.25) is 0 Å². The van der Waals surface area contributed by atoms with Gasteiger partial charge in [0, 0.05) is 34.2 Å². The molecule has 1 saturated heterocycles. The Morgan fingerprint density at radius 1 is 1.46 bits per heavy atom. The summed E-state index contributed by atoms with van der Waals surface area (Å²) in [7, 11) is -1.75. The van der Waals surface area contributed by atoms with Gasteiger partial charge in [0.1, 0.15) is 0 Å². The van der Waals surface area contributed by atoms with Crippen molar-refractivity contribution in [1.82, 2.24) is 4.90 Å². The maximum atomic E-state index is 11.4. The van der Waals surface area contributed by atoms with Crippen LogP contribution in [0.3, 0.4) is 0 Å². The fourth-order valence-electron chi connectivity index (χ4n) is 2.96. The van der Waals surface area contributed by atoms with E-state index in [0.717, 1.165) is 11.0 Å². The SMILES string of the molecule is [2H]C([2H])([2H])Oc1cc2c(cc1OC)CCN1CC([2H])(C([2H])([2H])C(C)(C([2H])([2H])[2H])C([2H])([2H])[2H])C([2H])(O)C([2H])([2H])C21[2H]. The van der Waals surface area contributed by atoms with Crippen LogP contribution in [-0.2, 0) is 6.42 Å². The average Bonchev–Trinajstić information content (AvgIpc) is 2.76. The normalized spacial score (nSPS) is 50.6. The van der Waals surface area contributed by atoms with Crippen LogP contribution in [0.5, 0.6) is 11.5 Å². The van der Waals surface area contributed by atoms with Crippen LogP contribution in [0.15, 0.2) is 12.1 Å². The number of hydrogen-bond donors (Lipinski definition) is 1. The van der Waals surface area contributed by atoms with Crippen molar-refractivity contribution >= 4 is 0 Å². The third-order valence-corrected chi connectivity index (χ3v) is 3.99. The topological polar surface area (TPSA) is 41.9 Å². The molecule has 0 amide bonds. The molecule has 1 aromatic rings. The van der Waals surface area contributed by atoms with E-state index in [0.29, 0.717) is 6.92 Å². The minimum atomic E-state index is -3.92. The minimum absolute atomic E-state index is 0.0295. The number of ether oxygens (including phenoxy) is 2. The molecule has 1 N–H and O–H groups in total. The Morgan fingerprint density at radius 3 is 2.96 bits per heavy atom. The van der Waals surface area contributed by atoms with E-state index in [1.165, 1.54) is 13.2 Å². The molecule has 2 aliphatic rings. The number of hydrogen-bond acceptors (Lipinski definition) is 4. The molecule has 2 aliphatic heterocycles. The monoisotopic (exact) mass is 349 g/mol. The maximum Gasteiger partial charge on any atom is 0.161 e. The number of aliphatic hydroxyl groups is 1. The molecule has 4 heteroatoms. The van der Waals surface area contributed by atoms with Gasteiger partial charge in [-0.05, 0) is 53.7 Å². The standard InChI is InChI=1S/C20H31NO3/c1-20(2,3)11-14-12-21-7-6-13-8-18(23-4)19(24-5)9-15(13)16(21)10-17(14)22/h8-9,14,16-17,22H,6-7,10-12H2,1-5H3/i1D3,2D3,5D3,10D2,11D2,14D,16D,17D. The van der Waals surface area contributed by atoms with Gasteiger partial charge in [0.15, 0.2) is 11.5 Å². The molecule has 0 aromatic heterocycles. The summed E-state index contributed by atoms with van der Waals surface area (Å²) in [4.78, 5) is 0.925. The van der Waals surface area contributed by atoms with Crippen molar-refractivity contribution in [1.29, 1.82) is 0 Å². The van der Waals surface area contributed by atoms with Gasteiger partial charge in [-0.15, -0.1) is 0 Å². The van der Waals surface area contributed by atoms with Crippen LogP contribution in [0, 0.1) is 11.3 Å². The quantitative estimate of drug-likeness (QED) is 0.908. The van der Waals surface area contributed by atoms with Crippen LogP contribution in [0.4, 0.5) is 0 Å². The second-order valence-electron chi connectivity index (χ2n) is 5.98. The smallest absolute Gasteiger partial charge is 0.161 e. The van der Waals surface area contributed by atoms with E-state index in [1.807, 2.05) is 0 Å². The van der Waals surface area contributed by atoms with E-state index in [9.17, 15) is 6.48 Å². The lowest BCUT2D eigenvalue weighted by Gasteiger charge is -2.47. The Morgan fingerprint density at radius 2 is 2.25 bits per heavy atom. The first-order valence-electron chi connectivity index (χ1n) is 15.5. The van der Waals surface area contributed by atoms with Gasteiger partial charge in [-0.2, -0.15) is 0 Å². The first kappa shape index (κ1) is 6.48. The highest BCUT2D eigenvalue weighted by Crippen LogP contribution is 2.44. The summed E-state index contributed by atoms with van der Waals surface area (Å²) >= 11 is 0. The van der Waals surface area contributed by atoms with Crippen molar-refractivity contribution in [3.8, 4) is 11.5 Å². The number of fused-ring (bicyclic) bond motifs is 3. The van der Waals surface area contributed by atoms with Crippen LogP contribution in [-0.4, -0.2) is 43.3 Å². The Balaban J connectivity index is 2.32. The van der Waals surface area contributed by atoms with Crippen LogP contribution in [0.1, 0.15) is 72.5 Å².